The molecule has 2 N–H and O–H groups in total. The second-order valence-corrected chi connectivity index (χ2v) is 4.94. The minimum Gasteiger partial charge on any atom is -0.480 e. The number of halogens is 1. The highest BCUT2D eigenvalue weighted by Gasteiger charge is 2.14. The van der Waals surface area contributed by atoms with E-state index in [4.69, 9.17) is 16.7 Å². The third-order valence-corrected chi connectivity index (χ3v) is 3.40. The largest absolute Gasteiger partial charge is 0.480 e. The molecule has 0 saturated carbocycles. The molecule has 0 amide bonds. The van der Waals surface area contributed by atoms with Gasteiger partial charge in [0.25, 0.3) is 5.56 Å². The predicted molar refractivity (Wildman–Crippen MR) is 66.9 cm³/mol. The van der Waals surface area contributed by atoms with Crippen LogP contribution in [0.5, 0.6) is 0 Å². The van der Waals surface area contributed by atoms with Gasteiger partial charge >= 0.3 is 5.97 Å². The topological polar surface area (TPSA) is 83.0 Å². The number of thioether (sulfide) groups is 1. The van der Waals surface area contributed by atoms with Crippen LogP contribution < -0.4 is 5.56 Å². The van der Waals surface area contributed by atoms with Crippen molar-refractivity contribution in [1.29, 1.82) is 0 Å². The first kappa shape index (κ1) is 14.1. The molecule has 17 heavy (non-hydrogen) atoms. The Bertz CT molecular complexity index is 449. The van der Waals surface area contributed by atoms with Gasteiger partial charge < -0.3 is 10.1 Å². The summed E-state index contributed by atoms with van der Waals surface area (Å²) < 4.78 is 0. The number of hydrogen-bond donors (Lipinski definition) is 2. The van der Waals surface area contributed by atoms with Crippen molar-refractivity contribution < 1.29 is 9.90 Å². The molecule has 1 aromatic heterocycles. The summed E-state index contributed by atoms with van der Waals surface area (Å²) in [6.07, 6.45) is 1.62. The zero-order valence-corrected chi connectivity index (χ0v) is 10.8. The smallest absolute Gasteiger partial charge is 0.322 e. The van der Waals surface area contributed by atoms with Gasteiger partial charge in [-0.3, -0.25) is 9.59 Å². The van der Waals surface area contributed by atoms with Gasteiger partial charge in [-0.2, -0.15) is 0 Å². The van der Waals surface area contributed by atoms with Crippen molar-refractivity contribution in [3.63, 3.8) is 0 Å². The van der Waals surface area contributed by atoms with Gasteiger partial charge in [-0.1, -0.05) is 25.1 Å². The lowest BCUT2D eigenvalue weighted by Gasteiger charge is -2.04. The number of alkyl halides is 1. The third kappa shape index (κ3) is 4.79. The number of carbonyl (C=O) groups is 1. The van der Waals surface area contributed by atoms with E-state index < -0.39 is 11.3 Å². The lowest BCUT2D eigenvalue weighted by Crippen LogP contribution is -2.17. The van der Waals surface area contributed by atoms with E-state index in [1.807, 2.05) is 6.92 Å². The molecule has 0 radical (unpaired) electrons. The molecular formula is C10H13ClN2O3S. The van der Waals surface area contributed by atoms with Gasteiger partial charge in [0, 0.05) is 17.5 Å². The number of carboxylic acids is 1. The summed E-state index contributed by atoms with van der Waals surface area (Å²) in [6.45, 7) is 1.99. The van der Waals surface area contributed by atoms with Gasteiger partial charge in [0.15, 0.2) is 5.16 Å². The highest BCUT2D eigenvalue weighted by Crippen LogP contribution is 2.15. The normalized spacial score (nSPS) is 12.4. The highest BCUT2D eigenvalue weighted by atomic mass is 35.5. The predicted octanol–water partition coefficient (Wildman–Crippen LogP) is 1.51. The molecule has 0 saturated heterocycles. The number of aryl methyl sites for hydroxylation is 1. The molecule has 1 atom stereocenters. The summed E-state index contributed by atoms with van der Waals surface area (Å²) in [5.74, 6) is -0.915. The van der Waals surface area contributed by atoms with Crippen LogP contribution in [0, 0.1) is 0 Å². The number of hydrogen-bond acceptors (Lipinski definition) is 4. The number of H-pyrrole nitrogens is 1. The average molecular weight is 277 g/mol. The van der Waals surface area contributed by atoms with Crippen molar-refractivity contribution in [3.05, 3.63) is 22.1 Å². The molecule has 1 unspecified atom stereocenters. The van der Waals surface area contributed by atoms with Gasteiger partial charge in [0.1, 0.15) is 5.38 Å². The Balaban J connectivity index is 2.70. The van der Waals surface area contributed by atoms with Gasteiger partial charge in [-0.15, -0.1) is 11.6 Å². The van der Waals surface area contributed by atoms with Crippen molar-refractivity contribution in [2.24, 2.45) is 0 Å². The fourth-order valence-corrected chi connectivity index (χ4v) is 2.15. The summed E-state index contributed by atoms with van der Waals surface area (Å²) >= 11 is 6.70. The summed E-state index contributed by atoms with van der Waals surface area (Å²) in [5.41, 5.74) is 0.479. The molecule has 5 nitrogen and oxygen atoms in total. The minimum absolute atomic E-state index is 0.162. The summed E-state index contributed by atoms with van der Waals surface area (Å²) in [7, 11) is 0. The van der Waals surface area contributed by atoms with E-state index >= 15 is 0 Å². The summed E-state index contributed by atoms with van der Waals surface area (Å²) in [5, 5.41) is 8.04. The van der Waals surface area contributed by atoms with Crippen LogP contribution in [-0.4, -0.2) is 32.2 Å². The van der Waals surface area contributed by atoms with Gasteiger partial charge in [0.2, 0.25) is 0 Å². The van der Waals surface area contributed by atoms with E-state index in [1.165, 1.54) is 6.07 Å². The minimum atomic E-state index is -1.08. The second-order valence-electron chi connectivity index (χ2n) is 3.41. The fraction of sp³-hybridized carbons (Fsp3) is 0.500. The lowest BCUT2D eigenvalue weighted by molar-refractivity contribution is -0.136. The molecule has 0 aliphatic heterocycles. The third-order valence-electron chi connectivity index (χ3n) is 1.91. The monoisotopic (exact) mass is 276 g/mol. The van der Waals surface area contributed by atoms with Gasteiger partial charge in [-0.25, -0.2) is 4.98 Å². The van der Waals surface area contributed by atoms with E-state index in [0.29, 0.717) is 10.9 Å². The maximum Gasteiger partial charge on any atom is 0.322 e. The molecule has 1 heterocycles. The van der Waals surface area contributed by atoms with E-state index in [-0.39, 0.29) is 11.3 Å². The molecule has 0 aromatic carbocycles. The number of nitrogens with one attached hydrogen (secondary N) is 1. The standard InChI is InChI=1S/C10H13ClN2O3S/c1-2-3-6-4-8(14)13-10(12-6)17-5-7(11)9(15)16/h4,7H,2-3,5H2,1H3,(H,15,16)(H,12,13,14). The van der Waals surface area contributed by atoms with Crippen molar-refractivity contribution in [3.8, 4) is 0 Å². The molecule has 0 spiro atoms. The quantitative estimate of drug-likeness (QED) is 0.467. The number of rotatable bonds is 6. The van der Waals surface area contributed by atoms with Crippen LogP contribution >= 0.6 is 23.4 Å². The van der Waals surface area contributed by atoms with Crippen LogP contribution in [-0.2, 0) is 11.2 Å². The Morgan fingerprint density at radius 3 is 3.00 bits per heavy atom. The van der Waals surface area contributed by atoms with E-state index in [2.05, 4.69) is 9.97 Å². The fourth-order valence-electron chi connectivity index (χ4n) is 1.16. The number of nitrogens with zero attached hydrogens (tertiary/aromatic N) is 1. The van der Waals surface area contributed by atoms with Crippen LogP contribution in [0.1, 0.15) is 19.0 Å². The molecule has 7 heteroatoms. The van der Waals surface area contributed by atoms with Gasteiger partial charge in [0.05, 0.1) is 0 Å². The number of aliphatic carboxylic acids is 1. The molecule has 1 rings (SSSR count). The molecule has 0 bridgehead atoms. The van der Waals surface area contributed by atoms with Crippen LogP contribution in [0.4, 0.5) is 0 Å². The Labute approximate surface area is 108 Å². The molecule has 0 fully saturated rings. The highest BCUT2D eigenvalue weighted by molar-refractivity contribution is 7.99. The maximum atomic E-state index is 11.3. The summed E-state index contributed by atoms with van der Waals surface area (Å²) in [6, 6.07) is 1.45. The Kier molecular flexibility index (Phi) is 5.50. The van der Waals surface area contributed by atoms with E-state index in [1.54, 1.807) is 0 Å². The van der Waals surface area contributed by atoms with Crippen LogP contribution in [0.15, 0.2) is 16.0 Å². The molecule has 0 aliphatic rings. The first-order chi connectivity index (χ1) is 8.02. The number of aromatic nitrogens is 2. The van der Waals surface area contributed by atoms with Crippen LogP contribution in [0.3, 0.4) is 0 Å². The SMILES string of the molecule is CCCc1cc(=O)[nH]c(SCC(Cl)C(=O)O)n1. The number of carboxylic acid groups (broad SMARTS) is 1. The van der Waals surface area contributed by atoms with Crippen molar-refractivity contribution in [1.82, 2.24) is 9.97 Å². The Morgan fingerprint density at radius 2 is 2.41 bits per heavy atom. The molecule has 94 valence electrons. The first-order valence-corrected chi connectivity index (χ1v) is 6.55. The number of aromatic amines is 1. The summed E-state index contributed by atoms with van der Waals surface area (Å²) in [4.78, 5) is 28.6. The molecule has 0 aliphatic carbocycles. The Morgan fingerprint density at radius 1 is 1.71 bits per heavy atom. The van der Waals surface area contributed by atoms with E-state index in [9.17, 15) is 9.59 Å². The second kappa shape index (κ2) is 6.66. The molecule has 1 aromatic rings. The van der Waals surface area contributed by atoms with Crippen LogP contribution in [0.25, 0.3) is 0 Å². The van der Waals surface area contributed by atoms with Gasteiger partial charge in [-0.05, 0) is 6.42 Å². The Hall–Kier alpha value is -1.01. The first-order valence-electron chi connectivity index (χ1n) is 5.13. The van der Waals surface area contributed by atoms with Crippen molar-refractivity contribution >= 4 is 29.3 Å². The van der Waals surface area contributed by atoms with Crippen LogP contribution in [0.2, 0.25) is 0 Å². The van der Waals surface area contributed by atoms with E-state index in [0.717, 1.165) is 24.6 Å². The average Bonchev–Trinajstić information content (AvgIpc) is 2.25. The zero-order valence-electron chi connectivity index (χ0n) is 9.27. The lowest BCUT2D eigenvalue weighted by atomic mass is 10.2. The molecular weight excluding hydrogens is 264 g/mol. The van der Waals surface area contributed by atoms with Crippen molar-refractivity contribution in [2.45, 2.75) is 30.3 Å². The van der Waals surface area contributed by atoms with Crippen molar-refractivity contribution in [2.75, 3.05) is 5.75 Å². The maximum absolute atomic E-state index is 11.3. The zero-order chi connectivity index (χ0) is 12.8.